The van der Waals surface area contributed by atoms with Crippen molar-refractivity contribution in [1.29, 1.82) is 5.26 Å². The minimum atomic E-state index is -1.11. The number of aromatic carboxylic acids is 1. The van der Waals surface area contributed by atoms with Crippen molar-refractivity contribution in [3.63, 3.8) is 0 Å². The smallest absolute Gasteiger partial charge is 0.339 e. The van der Waals surface area contributed by atoms with Crippen LogP contribution in [0.5, 0.6) is 5.75 Å². The number of nitrogens with zero attached hydrogens (tertiary/aromatic N) is 2. The van der Waals surface area contributed by atoms with Crippen molar-refractivity contribution in [2.24, 2.45) is 0 Å². The molecule has 2 heterocycles. The van der Waals surface area contributed by atoms with E-state index in [9.17, 15) is 14.7 Å². The average Bonchev–Trinajstić information content (AvgIpc) is 3.29. The molecule has 2 saturated heterocycles. The normalized spacial score (nSPS) is 25.1. The summed E-state index contributed by atoms with van der Waals surface area (Å²) in [5.74, 6) is -0.886. The number of nitriles is 1. The molecule has 1 aromatic carbocycles. The van der Waals surface area contributed by atoms with E-state index in [0.29, 0.717) is 18.0 Å². The monoisotopic (exact) mass is 377 g/mol. The fraction of sp³-hybridized carbons (Fsp3) is 0.500. The zero-order valence-corrected chi connectivity index (χ0v) is 14.9. The van der Waals surface area contributed by atoms with Crippen molar-refractivity contribution in [2.45, 2.75) is 43.8 Å². The fourth-order valence-corrected chi connectivity index (χ4v) is 3.67. The number of amides is 1. The first-order chi connectivity index (χ1) is 12.5. The first-order valence-corrected chi connectivity index (χ1v) is 8.99. The van der Waals surface area contributed by atoms with Crippen LogP contribution in [0.3, 0.4) is 0 Å². The van der Waals surface area contributed by atoms with Gasteiger partial charge in [0.05, 0.1) is 12.1 Å². The van der Waals surface area contributed by atoms with E-state index in [1.54, 1.807) is 11.0 Å². The van der Waals surface area contributed by atoms with Gasteiger partial charge in [-0.15, -0.1) is 0 Å². The molecule has 2 fully saturated rings. The molecule has 7 nitrogen and oxygen atoms in total. The SMILES string of the molecule is N#C[C@@H]1CCCN1C(=O)[C@@H]1CC[C@H](COc2ccc(Cl)cc2C(=O)O)N1. The van der Waals surface area contributed by atoms with Gasteiger partial charge in [-0.1, -0.05) is 11.6 Å². The number of carboxylic acid groups (broad SMARTS) is 1. The van der Waals surface area contributed by atoms with Crippen LogP contribution in [0.1, 0.15) is 36.0 Å². The molecule has 1 aromatic rings. The van der Waals surface area contributed by atoms with Crippen molar-refractivity contribution in [1.82, 2.24) is 10.2 Å². The molecule has 138 valence electrons. The maximum Gasteiger partial charge on any atom is 0.339 e. The van der Waals surface area contributed by atoms with E-state index in [1.165, 1.54) is 12.1 Å². The van der Waals surface area contributed by atoms with Crippen LogP contribution in [0.15, 0.2) is 18.2 Å². The molecule has 0 aliphatic carbocycles. The Bertz CT molecular complexity index is 748. The van der Waals surface area contributed by atoms with Gasteiger partial charge in [-0.25, -0.2) is 4.79 Å². The Kier molecular flexibility index (Phi) is 5.64. The Morgan fingerprint density at radius 3 is 2.92 bits per heavy atom. The molecular formula is C18H20ClN3O4. The van der Waals surface area contributed by atoms with E-state index in [4.69, 9.17) is 21.6 Å². The zero-order valence-electron chi connectivity index (χ0n) is 14.2. The second-order valence-corrected chi connectivity index (χ2v) is 7.01. The lowest BCUT2D eigenvalue weighted by Crippen LogP contribution is -2.47. The van der Waals surface area contributed by atoms with Crippen LogP contribution < -0.4 is 10.1 Å². The summed E-state index contributed by atoms with van der Waals surface area (Å²) in [6.45, 7) is 0.885. The lowest BCUT2D eigenvalue weighted by molar-refractivity contribution is -0.133. The number of carboxylic acids is 1. The maximum absolute atomic E-state index is 12.6. The van der Waals surface area contributed by atoms with Crippen LogP contribution in [0.25, 0.3) is 0 Å². The summed E-state index contributed by atoms with van der Waals surface area (Å²) in [6.07, 6.45) is 3.01. The Morgan fingerprint density at radius 2 is 2.19 bits per heavy atom. The lowest BCUT2D eigenvalue weighted by Gasteiger charge is -2.24. The maximum atomic E-state index is 12.6. The predicted octanol–water partition coefficient (Wildman–Crippen LogP) is 2.05. The molecular weight excluding hydrogens is 358 g/mol. The molecule has 2 aliphatic rings. The van der Waals surface area contributed by atoms with Crippen molar-refractivity contribution >= 4 is 23.5 Å². The van der Waals surface area contributed by atoms with Gasteiger partial charge in [0.2, 0.25) is 5.91 Å². The molecule has 8 heteroatoms. The van der Waals surface area contributed by atoms with Crippen molar-refractivity contribution in [3.05, 3.63) is 28.8 Å². The number of nitrogens with one attached hydrogen (secondary N) is 1. The van der Waals surface area contributed by atoms with Crippen molar-refractivity contribution < 1.29 is 19.4 Å². The number of hydrogen-bond acceptors (Lipinski definition) is 5. The summed E-state index contributed by atoms with van der Waals surface area (Å²) in [6, 6.07) is 5.95. The molecule has 3 atom stereocenters. The fourth-order valence-electron chi connectivity index (χ4n) is 3.50. The Balaban J connectivity index is 1.56. The average molecular weight is 378 g/mol. The third-order valence-electron chi connectivity index (χ3n) is 4.84. The Hall–Kier alpha value is -2.30. The summed E-state index contributed by atoms with van der Waals surface area (Å²) < 4.78 is 5.65. The summed E-state index contributed by atoms with van der Waals surface area (Å²) in [4.78, 5) is 25.5. The highest BCUT2D eigenvalue weighted by molar-refractivity contribution is 6.31. The molecule has 2 N–H and O–H groups in total. The minimum absolute atomic E-state index is 0.0112. The zero-order chi connectivity index (χ0) is 18.7. The topological polar surface area (TPSA) is 103 Å². The van der Waals surface area contributed by atoms with Gasteiger partial charge in [-0.3, -0.25) is 10.1 Å². The highest BCUT2D eigenvalue weighted by Crippen LogP contribution is 2.25. The minimum Gasteiger partial charge on any atom is -0.491 e. The standard InChI is InChI=1S/C18H20ClN3O4/c19-11-3-6-16(14(8-11)18(24)25)26-10-12-4-5-15(21-12)17(23)22-7-1-2-13(22)9-20/h3,6,8,12-13,15,21H,1-2,4-5,7,10H2,(H,24,25)/t12-,13+,15+/m1/s1. The van der Waals surface area contributed by atoms with Crippen LogP contribution in [0.2, 0.25) is 5.02 Å². The van der Waals surface area contributed by atoms with E-state index in [2.05, 4.69) is 11.4 Å². The highest BCUT2D eigenvalue weighted by Gasteiger charge is 2.37. The van der Waals surface area contributed by atoms with Crippen LogP contribution >= 0.6 is 11.6 Å². The number of carbonyl (C=O) groups is 2. The summed E-state index contributed by atoms with van der Waals surface area (Å²) in [5, 5.41) is 21.9. The highest BCUT2D eigenvalue weighted by atomic mass is 35.5. The largest absolute Gasteiger partial charge is 0.491 e. The van der Waals surface area contributed by atoms with E-state index in [1.807, 2.05) is 0 Å². The van der Waals surface area contributed by atoms with Gasteiger partial charge in [0.25, 0.3) is 0 Å². The first kappa shape index (κ1) is 18.5. The number of hydrogen-bond donors (Lipinski definition) is 2. The van der Waals surface area contributed by atoms with Gasteiger partial charge in [-0.05, 0) is 43.9 Å². The lowest BCUT2D eigenvalue weighted by atomic mass is 10.1. The van der Waals surface area contributed by atoms with E-state index < -0.39 is 5.97 Å². The molecule has 0 spiro atoms. The molecule has 0 aromatic heterocycles. The molecule has 26 heavy (non-hydrogen) atoms. The number of ether oxygens (including phenoxy) is 1. The number of halogens is 1. The summed E-state index contributed by atoms with van der Waals surface area (Å²) in [5.41, 5.74) is 0.0112. The van der Waals surface area contributed by atoms with Gasteiger partial charge in [0.15, 0.2) is 0 Å². The molecule has 0 unspecified atom stereocenters. The molecule has 0 radical (unpaired) electrons. The number of benzene rings is 1. The number of rotatable bonds is 5. The van der Waals surface area contributed by atoms with Gasteiger partial charge in [0.1, 0.15) is 24.0 Å². The third kappa shape index (κ3) is 3.92. The number of likely N-dealkylation sites (tertiary alicyclic amines) is 1. The molecule has 0 saturated carbocycles. The molecule has 0 bridgehead atoms. The molecule has 2 aliphatic heterocycles. The Labute approximate surface area is 156 Å². The van der Waals surface area contributed by atoms with Crippen molar-refractivity contribution in [3.8, 4) is 11.8 Å². The van der Waals surface area contributed by atoms with E-state index >= 15 is 0 Å². The predicted molar refractivity (Wildman–Crippen MR) is 94.2 cm³/mol. The quantitative estimate of drug-likeness (QED) is 0.814. The number of carbonyl (C=O) groups excluding carboxylic acids is 1. The van der Waals surface area contributed by atoms with Gasteiger partial charge < -0.3 is 14.7 Å². The van der Waals surface area contributed by atoms with E-state index in [0.717, 1.165) is 19.3 Å². The van der Waals surface area contributed by atoms with Crippen LogP contribution in [0.4, 0.5) is 0 Å². The van der Waals surface area contributed by atoms with Gasteiger partial charge in [-0.2, -0.15) is 5.26 Å². The molecule has 1 amide bonds. The summed E-state index contributed by atoms with van der Waals surface area (Å²) in [7, 11) is 0. The second kappa shape index (κ2) is 7.94. The molecule has 3 rings (SSSR count). The second-order valence-electron chi connectivity index (χ2n) is 6.57. The van der Waals surface area contributed by atoms with Crippen LogP contribution in [-0.4, -0.2) is 53.2 Å². The Morgan fingerprint density at radius 1 is 1.38 bits per heavy atom. The van der Waals surface area contributed by atoms with Gasteiger partial charge in [0, 0.05) is 17.6 Å². The van der Waals surface area contributed by atoms with E-state index in [-0.39, 0.29) is 42.0 Å². The van der Waals surface area contributed by atoms with Crippen molar-refractivity contribution in [2.75, 3.05) is 13.2 Å². The van der Waals surface area contributed by atoms with Gasteiger partial charge >= 0.3 is 5.97 Å². The van der Waals surface area contributed by atoms with Crippen LogP contribution in [-0.2, 0) is 4.79 Å². The third-order valence-corrected chi connectivity index (χ3v) is 5.07. The summed E-state index contributed by atoms with van der Waals surface area (Å²) >= 11 is 5.83. The van der Waals surface area contributed by atoms with Crippen LogP contribution in [0, 0.1) is 11.3 Å². The first-order valence-electron chi connectivity index (χ1n) is 8.61.